The van der Waals surface area contributed by atoms with Crippen molar-refractivity contribution in [3.05, 3.63) is 34.9 Å². The Morgan fingerprint density at radius 1 is 1.04 bits per heavy atom. The summed E-state index contributed by atoms with van der Waals surface area (Å²) in [5, 5.41) is 2.99. The molecule has 0 atom stereocenters. The summed E-state index contributed by atoms with van der Waals surface area (Å²) in [5.74, 6) is -0.686. The van der Waals surface area contributed by atoms with E-state index in [1.165, 1.54) is 14.0 Å². The van der Waals surface area contributed by atoms with Gasteiger partial charge < -0.3 is 5.32 Å². The first-order valence-electron chi connectivity index (χ1n) is 8.95. The van der Waals surface area contributed by atoms with Gasteiger partial charge in [-0.2, -0.15) is 0 Å². The first kappa shape index (κ1) is 21.9. The lowest BCUT2D eigenvalue weighted by molar-refractivity contribution is -0.141. The third-order valence-electron chi connectivity index (χ3n) is 4.16. The number of aryl methyl sites for hydroxylation is 1. The molecule has 0 saturated carbocycles. The van der Waals surface area contributed by atoms with Crippen molar-refractivity contribution in [3.8, 4) is 0 Å². The summed E-state index contributed by atoms with van der Waals surface area (Å²) in [6, 6.07) is 5.83. The summed E-state index contributed by atoms with van der Waals surface area (Å²) in [5.41, 5.74) is 2.03. The molecule has 5 heteroatoms. The zero-order chi connectivity index (χ0) is 20.3. The second kappa shape index (κ2) is 8.02. The SMILES string of the molecule is CC(=O)N(C)C(=O)CCc1ccc(C(C)(C)C)cc1C(=O)NC(C)(C)C. The molecular formula is C21H32N2O3. The Kier molecular flexibility index (Phi) is 6.75. The minimum atomic E-state index is -0.350. The van der Waals surface area contributed by atoms with Gasteiger partial charge in [-0.3, -0.25) is 19.3 Å². The van der Waals surface area contributed by atoms with Gasteiger partial charge in [-0.1, -0.05) is 32.9 Å². The maximum Gasteiger partial charge on any atom is 0.251 e. The van der Waals surface area contributed by atoms with Crippen molar-refractivity contribution >= 4 is 17.7 Å². The van der Waals surface area contributed by atoms with Crippen molar-refractivity contribution in [2.75, 3.05) is 7.05 Å². The first-order valence-corrected chi connectivity index (χ1v) is 8.95. The molecule has 5 nitrogen and oxygen atoms in total. The van der Waals surface area contributed by atoms with Crippen LogP contribution in [-0.4, -0.2) is 35.2 Å². The molecule has 1 aromatic carbocycles. The maximum atomic E-state index is 12.8. The molecule has 0 bridgehead atoms. The fourth-order valence-corrected chi connectivity index (χ4v) is 2.47. The molecule has 0 unspecified atom stereocenters. The molecule has 1 aromatic rings. The van der Waals surface area contributed by atoms with E-state index in [1.807, 2.05) is 39.0 Å². The van der Waals surface area contributed by atoms with E-state index in [4.69, 9.17) is 0 Å². The Balaban J connectivity index is 3.15. The van der Waals surface area contributed by atoms with Crippen LogP contribution in [0.5, 0.6) is 0 Å². The number of hydrogen-bond acceptors (Lipinski definition) is 3. The molecule has 144 valence electrons. The van der Waals surface area contributed by atoms with Crippen molar-refractivity contribution in [3.63, 3.8) is 0 Å². The van der Waals surface area contributed by atoms with Gasteiger partial charge in [0.2, 0.25) is 11.8 Å². The van der Waals surface area contributed by atoms with Crippen LogP contribution in [-0.2, 0) is 21.4 Å². The molecule has 0 spiro atoms. The predicted octanol–water partition coefficient (Wildman–Crippen LogP) is 3.45. The molecule has 0 aliphatic rings. The van der Waals surface area contributed by atoms with Gasteiger partial charge in [-0.15, -0.1) is 0 Å². The van der Waals surface area contributed by atoms with E-state index in [9.17, 15) is 14.4 Å². The Morgan fingerprint density at radius 2 is 1.62 bits per heavy atom. The maximum absolute atomic E-state index is 12.8. The second-order valence-corrected chi connectivity index (χ2v) is 8.80. The van der Waals surface area contributed by atoms with E-state index >= 15 is 0 Å². The molecule has 0 aliphatic carbocycles. The third-order valence-corrected chi connectivity index (χ3v) is 4.16. The van der Waals surface area contributed by atoms with Crippen LogP contribution in [0.25, 0.3) is 0 Å². The highest BCUT2D eigenvalue weighted by Gasteiger charge is 2.22. The van der Waals surface area contributed by atoms with E-state index in [1.54, 1.807) is 0 Å². The van der Waals surface area contributed by atoms with Crippen LogP contribution in [0.4, 0.5) is 0 Å². The van der Waals surface area contributed by atoms with E-state index in [0.717, 1.165) is 16.0 Å². The highest BCUT2D eigenvalue weighted by atomic mass is 16.2. The number of imide groups is 1. The first-order chi connectivity index (χ1) is 11.7. The van der Waals surface area contributed by atoms with Crippen LogP contribution in [0.3, 0.4) is 0 Å². The lowest BCUT2D eigenvalue weighted by Gasteiger charge is -2.24. The van der Waals surface area contributed by atoms with Gasteiger partial charge in [-0.05, 0) is 49.8 Å². The van der Waals surface area contributed by atoms with Crippen LogP contribution in [0.1, 0.15) is 76.4 Å². The number of carbonyl (C=O) groups is 3. The second-order valence-electron chi connectivity index (χ2n) is 8.80. The lowest BCUT2D eigenvalue weighted by Crippen LogP contribution is -2.41. The molecule has 0 aliphatic heterocycles. The average molecular weight is 360 g/mol. The lowest BCUT2D eigenvalue weighted by atomic mass is 9.84. The Morgan fingerprint density at radius 3 is 2.08 bits per heavy atom. The fourth-order valence-electron chi connectivity index (χ4n) is 2.47. The topological polar surface area (TPSA) is 66.5 Å². The number of rotatable bonds is 4. The Bertz CT molecular complexity index is 694. The minimum absolute atomic E-state index is 0.0834. The molecule has 3 amide bonds. The highest BCUT2D eigenvalue weighted by molar-refractivity contribution is 5.97. The monoisotopic (exact) mass is 360 g/mol. The van der Waals surface area contributed by atoms with Gasteiger partial charge in [0, 0.05) is 31.5 Å². The Labute approximate surface area is 157 Å². The molecule has 1 N–H and O–H groups in total. The number of hydrogen-bond donors (Lipinski definition) is 1. The number of benzene rings is 1. The predicted molar refractivity (Wildman–Crippen MR) is 104 cm³/mol. The van der Waals surface area contributed by atoms with Gasteiger partial charge >= 0.3 is 0 Å². The van der Waals surface area contributed by atoms with Crippen LogP contribution >= 0.6 is 0 Å². The number of nitrogens with zero attached hydrogens (tertiary/aromatic N) is 1. The largest absolute Gasteiger partial charge is 0.347 e. The third kappa shape index (κ3) is 6.28. The van der Waals surface area contributed by atoms with Gasteiger partial charge in [0.05, 0.1) is 0 Å². The van der Waals surface area contributed by atoms with Crippen molar-refractivity contribution < 1.29 is 14.4 Å². The summed E-state index contributed by atoms with van der Waals surface area (Å²) < 4.78 is 0. The standard InChI is InChI=1S/C21H32N2O3/c1-14(24)23(8)18(25)12-10-15-9-11-16(20(2,3)4)13-17(15)19(26)22-21(5,6)7/h9,11,13H,10,12H2,1-8H3,(H,22,26). The quantitative estimate of drug-likeness (QED) is 0.894. The van der Waals surface area contributed by atoms with E-state index in [-0.39, 0.29) is 35.1 Å². The van der Waals surface area contributed by atoms with Crippen LogP contribution < -0.4 is 5.32 Å². The number of nitrogens with one attached hydrogen (secondary N) is 1. The fraction of sp³-hybridized carbons (Fsp3) is 0.571. The van der Waals surface area contributed by atoms with Crippen LogP contribution in [0.2, 0.25) is 0 Å². The summed E-state index contributed by atoms with van der Waals surface area (Å²) in [4.78, 5) is 37.3. The molecule has 0 saturated heterocycles. The molecule has 0 aromatic heterocycles. The summed E-state index contributed by atoms with van der Waals surface area (Å²) in [6.45, 7) is 13.4. The Hall–Kier alpha value is -2.17. The molecule has 0 heterocycles. The van der Waals surface area contributed by atoms with Crippen molar-refractivity contribution in [1.82, 2.24) is 10.2 Å². The molecule has 26 heavy (non-hydrogen) atoms. The van der Waals surface area contributed by atoms with E-state index in [2.05, 4.69) is 26.1 Å². The van der Waals surface area contributed by atoms with Gasteiger partial charge in [0.25, 0.3) is 5.91 Å². The van der Waals surface area contributed by atoms with Crippen LogP contribution in [0.15, 0.2) is 18.2 Å². The normalized spacial score (nSPS) is 11.8. The molecule has 0 radical (unpaired) electrons. The zero-order valence-electron chi connectivity index (χ0n) is 17.3. The number of carbonyl (C=O) groups excluding carboxylic acids is 3. The van der Waals surface area contributed by atoms with Crippen molar-refractivity contribution in [1.29, 1.82) is 0 Å². The smallest absolute Gasteiger partial charge is 0.251 e. The molecular weight excluding hydrogens is 328 g/mol. The zero-order valence-corrected chi connectivity index (χ0v) is 17.3. The average Bonchev–Trinajstić information content (AvgIpc) is 2.48. The van der Waals surface area contributed by atoms with E-state index < -0.39 is 0 Å². The summed E-state index contributed by atoms with van der Waals surface area (Å²) in [6.07, 6.45) is 0.592. The summed E-state index contributed by atoms with van der Waals surface area (Å²) in [7, 11) is 1.47. The van der Waals surface area contributed by atoms with E-state index in [0.29, 0.717) is 12.0 Å². The minimum Gasteiger partial charge on any atom is -0.347 e. The van der Waals surface area contributed by atoms with Gasteiger partial charge in [0.15, 0.2) is 0 Å². The van der Waals surface area contributed by atoms with Crippen LogP contribution in [0, 0.1) is 0 Å². The van der Waals surface area contributed by atoms with Gasteiger partial charge in [-0.25, -0.2) is 0 Å². The van der Waals surface area contributed by atoms with Gasteiger partial charge in [0.1, 0.15) is 0 Å². The number of amides is 3. The van der Waals surface area contributed by atoms with Crippen molar-refractivity contribution in [2.24, 2.45) is 0 Å². The summed E-state index contributed by atoms with van der Waals surface area (Å²) >= 11 is 0. The molecule has 0 fully saturated rings. The van der Waals surface area contributed by atoms with Crippen molar-refractivity contribution in [2.45, 2.75) is 72.3 Å². The molecule has 1 rings (SSSR count). The highest BCUT2D eigenvalue weighted by Crippen LogP contribution is 2.25.